The Bertz CT molecular complexity index is 501. The van der Waals surface area contributed by atoms with Crippen LogP contribution in [0.15, 0.2) is 18.6 Å². The molecule has 0 saturated carbocycles. The van der Waals surface area contributed by atoms with Crippen LogP contribution < -0.4 is 5.32 Å². The third-order valence-electron chi connectivity index (χ3n) is 4.06. The summed E-state index contributed by atoms with van der Waals surface area (Å²) >= 11 is 0. The minimum atomic E-state index is -0.469. The number of aromatic nitrogens is 2. The van der Waals surface area contributed by atoms with E-state index >= 15 is 0 Å². The Kier molecular flexibility index (Phi) is 5.93. The van der Waals surface area contributed by atoms with Gasteiger partial charge in [-0.15, -0.1) is 0 Å². The van der Waals surface area contributed by atoms with Crippen molar-refractivity contribution in [2.75, 3.05) is 13.1 Å². The Balaban J connectivity index is 1.94. The summed E-state index contributed by atoms with van der Waals surface area (Å²) in [6.07, 6.45) is 8.31. The van der Waals surface area contributed by atoms with Crippen molar-refractivity contribution in [3.8, 4) is 0 Å². The SMILES string of the molecule is C[C@@H](c1cnccn1)N1CCCC[C@@H]1CNC(=O)OC(C)(C)C. The largest absolute Gasteiger partial charge is 0.444 e. The smallest absolute Gasteiger partial charge is 0.407 e. The van der Waals surface area contributed by atoms with E-state index in [9.17, 15) is 4.79 Å². The zero-order valence-electron chi connectivity index (χ0n) is 14.6. The second-order valence-corrected chi connectivity index (χ2v) is 7.08. The molecule has 1 amide bonds. The maximum Gasteiger partial charge on any atom is 0.407 e. The van der Waals surface area contributed by atoms with Crippen LogP contribution in [-0.4, -0.2) is 45.7 Å². The monoisotopic (exact) mass is 320 g/mol. The molecule has 0 aliphatic carbocycles. The fourth-order valence-corrected chi connectivity index (χ4v) is 2.96. The van der Waals surface area contributed by atoms with Gasteiger partial charge < -0.3 is 10.1 Å². The summed E-state index contributed by atoms with van der Waals surface area (Å²) in [7, 11) is 0. The summed E-state index contributed by atoms with van der Waals surface area (Å²) in [4.78, 5) is 22.9. The first-order valence-electron chi connectivity index (χ1n) is 8.35. The molecule has 6 heteroatoms. The number of hydrogen-bond donors (Lipinski definition) is 1. The van der Waals surface area contributed by atoms with Crippen LogP contribution in [0, 0.1) is 0 Å². The lowest BCUT2D eigenvalue weighted by molar-refractivity contribution is 0.0470. The number of nitrogens with one attached hydrogen (secondary N) is 1. The first-order valence-corrected chi connectivity index (χ1v) is 8.35. The summed E-state index contributed by atoms with van der Waals surface area (Å²) in [5, 5.41) is 2.91. The lowest BCUT2D eigenvalue weighted by Gasteiger charge is -2.39. The molecule has 2 atom stereocenters. The van der Waals surface area contributed by atoms with Gasteiger partial charge in [-0.3, -0.25) is 14.9 Å². The number of amides is 1. The van der Waals surface area contributed by atoms with Crippen molar-refractivity contribution in [3.05, 3.63) is 24.3 Å². The van der Waals surface area contributed by atoms with Gasteiger partial charge in [-0.05, 0) is 47.1 Å². The number of hydrogen-bond acceptors (Lipinski definition) is 5. The Hall–Kier alpha value is -1.69. The molecule has 1 aliphatic rings. The van der Waals surface area contributed by atoms with Crippen molar-refractivity contribution in [1.82, 2.24) is 20.2 Å². The first kappa shape index (κ1) is 17.7. The molecule has 1 fully saturated rings. The molecule has 1 saturated heterocycles. The van der Waals surface area contributed by atoms with Gasteiger partial charge in [-0.1, -0.05) is 6.42 Å². The molecule has 128 valence electrons. The van der Waals surface area contributed by atoms with Gasteiger partial charge in [0.25, 0.3) is 0 Å². The minimum Gasteiger partial charge on any atom is -0.444 e. The standard InChI is InChI=1S/C17H28N4O2/c1-13(15-12-18-8-9-19-15)21-10-6-5-7-14(21)11-20-16(22)23-17(2,3)4/h8-9,12-14H,5-7,10-11H2,1-4H3,(H,20,22)/t13-,14+/m0/s1. The number of piperidine rings is 1. The van der Waals surface area contributed by atoms with Crippen LogP contribution >= 0.6 is 0 Å². The predicted octanol–water partition coefficient (Wildman–Crippen LogP) is 2.92. The van der Waals surface area contributed by atoms with E-state index in [0.717, 1.165) is 18.7 Å². The van der Waals surface area contributed by atoms with Gasteiger partial charge >= 0.3 is 6.09 Å². The lowest BCUT2D eigenvalue weighted by atomic mass is 9.99. The average molecular weight is 320 g/mol. The molecule has 6 nitrogen and oxygen atoms in total. The molecule has 0 aromatic carbocycles. The molecule has 2 rings (SSSR count). The fourth-order valence-electron chi connectivity index (χ4n) is 2.96. The van der Waals surface area contributed by atoms with E-state index in [1.54, 1.807) is 12.4 Å². The van der Waals surface area contributed by atoms with E-state index in [1.165, 1.54) is 12.8 Å². The van der Waals surface area contributed by atoms with E-state index in [4.69, 9.17) is 4.74 Å². The molecule has 23 heavy (non-hydrogen) atoms. The van der Waals surface area contributed by atoms with Gasteiger partial charge in [0, 0.05) is 31.2 Å². The zero-order chi connectivity index (χ0) is 16.9. The molecule has 1 aromatic heterocycles. The van der Waals surface area contributed by atoms with Gasteiger partial charge in [0.15, 0.2) is 0 Å². The van der Waals surface area contributed by atoms with Gasteiger partial charge in [-0.25, -0.2) is 4.79 Å². The van der Waals surface area contributed by atoms with Crippen molar-refractivity contribution in [2.45, 2.75) is 64.6 Å². The second kappa shape index (κ2) is 7.73. The Morgan fingerprint density at radius 3 is 2.87 bits per heavy atom. The number of carbonyl (C=O) groups is 1. The number of carbonyl (C=O) groups excluding carboxylic acids is 1. The minimum absolute atomic E-state index is 0.189. The highest BCUT2D eigenvalue weighted by molar-refractivity contribution is 5.67. The van der Waals surface area contributed by atoms with Crippen LogP contribution in [0.1, 0.15) is 58.7 Å². The van der Waals surface area contributed by atoms with Gasteiger partial charge in [0.05, 0.1) is 11.7 Å². The van der Waals surface area contributed by atoms with E-state index in [0.29, 0.717) is 12.6 Å². The molecule has 0 radical (unpaired) electrons. The average Bonchev–Trinajstić information content (AvgIpc) is 2.52. The molecule has 0 spiro atoms. The van der Waals surface area contributed by atoms with Crippen molar-refractivity contribution < 1.29 is 9.53 Å². The van der Waals surface area contributed by atoms with E-state index < -0.39 is 5.60 Å². The van der Waals surface area contributed by atoms with Crippen LogP contribution in [-0.2, 0) is 4.74 Å². The summed E-state index contributed by atoms with van der Waals surface area (Å²) in [6.45, 7) is 9.37. The van der Waals surface area contributed by atoms with Crippen LogP contribution in [0.4, 0.5) is 4.79 Å². The van der Waals surface area contributed by atoms with Crippen molar-refractivity contribution in [3.63, 3.8) is 0 Å². The van der Waals surface area contributed by atoms with Crippen molar-refractivity contribution in [1.29, 1.82) is 0 Å². The topological polar surface area (TPSA) is 67.4 Å². The van der Waals surface area contributed by atoms with Gasteiger partial charge in [0.2, 0.25) is 0 Å². The highest BCUT2D eigenvalue weighted by Gasteiger charge is 2.28. The van der Waals surface area contributed by atoms with Crippen LogP contribution in [0.25, 0.3) is 0 Å². The number of likely N-dealkylation sites (tertiary alicyclic amines) is 1. The Morgan fingerprint density at radius 2 is 2.22 bits per heavy atom. The van der Waals surface area contributed by atoms with Crippen LogP contribution in [0.2, 0.25) is 0 Å². The summed E-state index contributed by atoms with van der Waals surface area (Å²) < 4.78 is 5.32. The summed E-state index contributed by atoms with van der Waals surface area (Å²) in [5.41, 5.74) is 0.500. The fraction of sp³-hybridized carbons (Fsp3) is 0.706. The third kappa shape index (κ3) is 5.46. The number of ether oxygens (including phenoxy) is 1. The van der Waals surface area contributed by atoms with Crippen LogP contribution in [0.3, 0.4) is 0 Å². The molecule has 1 N–H and O–H groups in total. The summed E-state index contributed by atoms with van der Waals surface area (Å²) in [5.74, 6) is 0. The zero-order valence-corrected chi connectivity index (χ0v) is 14.6. The Labute approximate surface area is 138 Å². The van der Waals surface area contributed by atoms with E-state index in [2.05, 4.69) is 27.1 Å². The highest BCUT2D eigenvalue weighted by Crippen LogP contribution is 2.26. The van der Waals surface area contributed by atoms with Crippen molar-refractivity contribution in [2.24, 2.45) is 0 Å². The van der Waals surface area contributed by atoms with E-state index in [1.807, 2.05) is 27.0 Å². The van der Waals surface area contributed by atoms with Gasteiger partial charge in [-0.2, -0.15) is 0 Å². The van der Waals surface area contributed by atoms with E-state index in [-0.39, 0.29) is 12.1 Å². The quantitative estimate of drug-likeness (QED) is 0.924. The highest BCUT2D eigenvalue weighted by atomic mass is 16.6. The Morgan fingerprint density at radius 1 is 1.43 bits per heavy atom. The normalized spacial score (nSPS) is 20.8. The third-order valence-corrected chi connectivity index (χ3v) is 4.06. The summed E-state index contributed by atoms with van der Waals surface area (Å²) in [6, 6.07) is 0.489. The second-order valence-electron chi connectivity index (χ2n) is 7.08. The van der Waals surface area contributed by atoms with Crippen molar-refractivity contribution >= 4 is 6.09 Å². The maximum absolute atomic E-state index is 11.9. The molecule has 1 aromatic rings. The first-order chi connectivity index (χ1) is 10.9. The predicted molar refractivity (Wildman–Crippen MR) is 89.0 cm³/mol. The number of alkyl carbamates (subject to hydrolysis) is 1. The number of nitrogens with zero attached hydrogens (tertiary/aromatic N) is 3. The molecule has 0 unspecified atom stereocenters. The van der Waals surface area contributed by atoms with Gasteiger partial charge in [0.1, 0.15) is 5.60 Å². The molecular formula is C17H28N4O2. The molecule has 1 aliphatic heterocycles. The molecule has 0 bridgehead atoms. The van der Waals surface area contributed by atoms with Crippen LogP contribution in [0.5, 0.6) is 0 Å². The molecular weight excluding hydrogens is 292 g/mol. The maximum atomic E-state index is 11.9. The lowest BCUT2D eigenvalue weighted by Crippen LogP contribution is -2.48. The number of rotatable bonds is 4. The molecule has 2 heterocycles.